The number of hydrogen-bond donors (Lipinski definition) is 1. The van der Waals surface area contributed by atoms with Gasteiger partial charge in [-0.3, -0.25) is 0 Å². The van der Waals surface area contributed by atoms with Gasteiger partial charge in [-0.2, -0.15) is 0 Å². The molecule has 0 amide bonds. The summed E-state index contributed by atoms with van der Waals surface area (Å²) in [6, 6.07) is 2.94. The van der Waals surface area contributed by atoms with Crippen LogP contribution in [0.25, 0.3) is 0 Å². The van der Waals surface area contributed by atoms with Gasteiger partial charge in [0.05, 0.1) is 0 Å². The van der Waals surface area contributed by atoms with Crippen LogP contribution in [0.5, 0.6) is 0 Å². The molecule has 0 bridgehead atoms. The highest BCUT2D eigenvalue weighted by atomic mass is 32.1. The average Bonchev–Trinajstić information content (AvgIpc) is 3.00. The van der Waals surface area contributed by atoms with Gasteiger partial charge in [-0.1, -0.05) is 32.6 Å². The average molecular weight is 279 g/mol. The van der Waals surface area contributed by atoms with Crippen LogP contribution in [0, 0.1) is 19.8 Å². The van der Waals surface area contributed by atoms with Gasteiger partial charge in [0.1, 0.15) is 0 Å². The van der Waals surface area contributed by atoms with Crippen LogP contribution in [-0.2, 0) is 0 Å². The highest BCUT2D eigenvalue weighted by Crippen LogP contribution is 2.34. The Kier molecular flexibility index (Phi) is 5.90. The van der Waals surface area contributed by atoms with Crippen LogP contribution in [0.2, 0.25) is 0 Å². The fourth-order valence-electron chi connectivity index (χ4n) is 3.35. The second-order valence-corrected chi connectivity index (χ2v) is 7.43. The zero-order valence-electron chi connectivity index (χ0n) is 12.8. The number of aryl methyl sites for hydroxylation is 2. The third-order valence-corrected chi connectivity index (χ3v) is 5.64. The zero-order valence-corrected chi connectivity index (χ0v) is 13.6. The van der Waals surface area contributed by atoms with E-state index in [0.29, 0.717) is 6.04 Å². The Bertz CT molecular complexity index is 377. The Morgan fingerprint density at radius 1 is 1.32 bits per heavy atom. The van der Waals surface area contributed by atoms with Crippen LogP contribution in [0.4, 0.5) is 0 Å². The SMILES string of the molecule is CCCNC(CCC1CCCC1)c1sc(C)cc1C. The number of nitrogens with one attached hydrogen (secondary N) is 1. The first kappa shape index (κ1) is 15.1. The molecule has 0 radical (unpaired) electrons. The summed E-state index contributed by atoms with van der Waals surface area (Å²) >= 11 is 1.99. The Morgan fingerprint density at radius 3 is 2.63 bits per heavy atom. The molecule has 1 saturated carbocycles. The third-order valence-electron chi connectivity index (χ3n) is 4.37. The van der Waals surface area contributed by atoms with Gasteiger partial charge in [-0.25, -0.2) is 0 Å². The van der Waals surface area contributed by atoms with E-state index < -0.39 is 0 Å². The van der Waals surface area contributed by atoms with E-state index >= 15 is 0 Å². The molecule has 1 aliphatic carbocycles. The van der Waals surface area contributed by atoms with E-state index in [1.165, 1.54) is 55.4 Å². The van der Waals surface area contributed by atoms with Gasteiger partial charge < -0.3 is 5.32 Å². The minimum absolute atomic E-state index is 0.597. The van der Waals surface area contributed by atoms with Crippen molar-refractivity contribution in [1.29, 1.82) is 0 Å². The standard InChI is InChI=1S/C17H29NS/c1-4-11-18-16(10-9-15-7-5-6-8-15)17-13(2)12-14(3)19-17/h12,15-16,18H,4-11H2,1-3H3. The summed E-state index contributed by atoms with van der Waals surface area (Å²) in [5.41, 5.74) is 1.49. The smallest absolute Gasteiger partial charge is 0.0417 e. The zero-order chi connectivity index (χ0) is 13.7. The molecule has 1 heterocycles. The quantitative estimate of drug-likeness (QED) is 0.707. The van der Waals surface area contributed by atoms with Crippen molar-refractivity contribution in [3.05, 3.63) is 21.4 Å². The monoisotopic (exact) mass is 279 g/mol. The fourth-order valence-corrected chi connectivity index (χ4v) is 4.50. The van der Waals surface area contributed by atoms with Crippen LogP contribution >= 0.6 is 11.3 Å². The predicted molar refractivity (Wildman–Crippen MR) is 86.0 cm³/mol. The van der Waals surface area contributed by atoms with E-state index in [4.69, 9.17) is 0 Å². The molecule has 1 nitrogen and oxygen atoms in total. The van der Waals surface area contributed by atoms with Gasteiger partial charge in [0.2, 0.25) is 0 Å². The maximum Gasteiger partial charge on any atom is 0.0417 e. The number of hydrogen-bond acceptors (Lipinski definition) is 2. The molecule has 0 aromatic carbocycles. The summed E-state index contributed by atoms with van der Waals surface area (Å²) in [4.78, 5) is 3.04. The van der Waals surface area contributed by atoms with Crippen molar-refractivity contribution in [1.82, 2.24) is 5.32 Å². The van der Waals surface area contributed by atoms with E-state index in [-0.39, 0.29) is 0 Å². The van der Waals surface area contributed by atoms with Gasteiger partial charge in [0.15, 0.2) is 0 Å². The lowest BCUT2D eigenvalue weighted by Crippen LogP contribution is -2.22. The Labute approximate surface area is 122 Å². The molecule has 1 atom stereocenters. The molecular formula is C17H29NS. The van der Waals surface area contributed by atoms with Crippen LogP contribution in [0.1, 0.15) is 73.2 Å². The number of rotatable bonds is 7. The summed E-state index contributed by atoms with van der Waals surface area (Å²) in [6.45, 7) is 7.91. The summed E-state index contributed by atoms with van der Waals surface area (Å²) in [6.07, 6.45) is 9.85. The van der Waals surface area contributed by atoms with Crippen LogP contribution in [0.15, 0.2) is 6.07 Å². The molecule has 1 N–H and O–H groups in total. The van der Waals surface area contributed by atoms with Crippen molar-refractivity contribution in [2.24, 2.45) is 5.92 Å². The van der Waals surface area contributed by atoms with Crippen molar-refractivity contribution in [3.63, 3.8) is 0 Å². The van der Waals surface area contributed by atoms with Crippen LogP contribution in [-0.4, -0.2) is 6.54 Å². The Balaban J connectivity index is 1.96. The first-order valence-electron chi connectivity index (χ1n) is 8.01. The first-order valence-corrected chi connectivity index (χ1v) is 8.82. The highest BCUT2D eigenvalue weighted by Gasteiger charge is 2.20. The van der Waals surface area contributed by atoms with Crippen LogP contribution in [0.3, 0.4) is 0 Å². The van der Waals surface area contributed by atoms with Crippen molar-refractivity contribution in [3.8, 4) is 0 Å². The summed E-state index contributed by atoms with van der Waals surface area (Å²) < 4.78 is 0. The second kappa shape index (κ2) is 7.44. The lowest BCUT2D eigenvalue weighted by atomic mass is 9.97. The van der Waals surface area contributed by atoms with Crippen molar-refractivity contribution < 1.29 is 0 Å². The molecule has 1 aromatic heterocycles. The topological polar surface area (TPSA) is 12.0 Å². The largest absolute Gasteiger partial charge is 0.309 e. The molecule has 2 rings (SSSR count). The molecule has 0 spiro atoms. The minimum atomic E-state index is 0.597. The molecule has 1 fully saturated rings. The van der Waals surface area contributed by atoms with Gasteiger partial charge in [0, 0.05) is 15.8 Å². The lowest BCUT2D eigenvalue weighted by Gasteiger charge is -2.20. The molecule has 1 unspecified atom stereocenters. The molecule has 1 aromatic rings. The number of thiophene rings is 1. The van der Waals surface area contributed by atoms with Crippen molar-refractivity contribution in [2.75, 3.05) is 6.54 Å². The maximum atomic E-state index is 3.77. The Hall–Kier alpha value is -0.340. The van der Waals surface area contributed by atoms with Gasteiger partial charge in [-0.05, 0) is 57.2 Å². The summed E-state index contributed by atoms with van der Waals surface area (Å²) in [5.74, 6) is 1.01. The lowest BCUT2D eigenvalue weighted by molar-refractivity contribution is 0.414. The molecule has 1 aliphatic rings. The Morgan fingerprint density at radius 2 is 2.05 bits per heavy atom. The normalized spacial score (nSPS) is 18.1. The second-order valence-electron chi connectivity index (χ2n) is 6.14. The highest BCUT2D eigenvalue weighted by molar-refractivity contribution is 7.12. The first-order chi connectivity index (χ1) is 9.20. The van der Waals surface area contributed by atoms with E-state index in [1.54, 1.807) is 4.88 Å². The van der Waals surface area contributed by atoms with E-state index in [9.17, 15) is 0 Å². The van der Waals surface area contributed by atoms with Gasteiger partial charge in [-0.15, -0.1) is 11.3 Å². The third kappa shape index (κ3) is 4.32. The molecule has 0 aliphatic heterocycles. The predicted octanol–water partition coefficient (Wildman–Crippen LogP) is 5.38. The summed E-state index contributed by atoms with van der Waals surface area (Å²) in [5, 5.41) is 3.77. The van der Waals surface area contributed by atoms with E-state index in [2.05, 4.69) is 32.2 Å². The molecule has 0 saturated heterocycles. The van der Waals surface area contributed by atoms with Crippen LogP contribution < -0.4 is 5.32 Å². The van der Waals surface area contributed by atoms with Crippen molar-refractivity contribution >= 4 is 11.3 Å². The van der Waals surface area contributed by atoms with Gasteiger partial charge in [0.25, 0.3) is 0 Å². The van der Waals surface area contributed by atoms with E-state index in [0.717, 1.165) is 12.5 Å². The van der Waals surface area contributed by atoms with Crippen molar-refractivity contribution in [2.45, 2.75) is 71.8 Å². The molecule has 108 valence electrons. The molecule has 2 heteroatoms. The molecular weight excluding hydrogens is 250 g/mol. The minimum Gasteiger partial charge on any atom is -0.309 e. The fraction of sp³-hybridized carbons (Fsp3) is 0.765. The van der Waals surface area contributed by atoms with E-state index in [1.807, 2.05) is 11.3 Å². The van der Waals surface area contributed by atoms with Gasteiger partial charge >= 0.3 is 0 Å². The molecule has 19 heavy (non-hydrogen) atoms. The summed E-state index contributed by atoms with van der Waals surface area (Å²) in [7, 11) is 0. The maximum absolute atomic E-state index is 3.77.